The van der Waals surface area contributed by atoms with E-state index < -0.39 is 179 Å². The average Bonchev–Trinajstić information content (AvgIpc) is 0.749. The molecule has 142 heavy (non-hydrogen) atoms. The predicted octanol–water partition coefficient (Wildman–Crippen LogP) is 9.09. The highest BCUT2D eigenvalue weighted by molar-refractivity contribution is 8.38. The van der Waals surface area contributed by atoms with Gasteiger partial charge in [0, 0.05) is 165 Å². The molecule has 42 heteroatoms. The molecular weight excluding hydrogens is 1900 g/mol. The van der Waals surface area contributed by atoms with E-state index >= 15 is 4.79 Å². The van der Waals surface area contributed by atoms with Crippen molar-refractivity contribution in [3.05, 3.63) is 95.6 Å². The molecule has 6 N–H and O–H groups in total. The summed E-state index contributed by atoms with van der Waals surface area (Å²) < 4.78 is 97.0. The zero-order chi connectivity index (χ0) is 104. The Bertz CT molecular complexity index is 4500. The number of carbonyl (C=O) groups excluding carboxylic acids is 15. The van der Waals surface area contributed by atoms with Crippen molar-refractivity contribution < 1.29 is 148 Å². The number of methoxy groups -OCH3 is 2. The topological polar surface area (TPSA) is 482 Å². The van der Waals surface area contributed by atoms with E-state index in [2.05, 4.69) is 39.3 Å². The number of rotatable bonds is 65. The van der Waals surface area contributed by atoms with E-state index in [1.54, 1.807) is 49.9 Å². The number of nitrogens with zero attached hydrogens (tertiary/aromatic N) is 2. The van der Waals surface area contributed by atoms with Crippen LogP contribution in [0, 0.1) is 17.8 Å². The van der Waals surface area contributed by atoms with Gasteiger partial charge in [0.05, 0.1) is 45.4 Å². The molecule has 8 amide bonds. The van der Waals surface area contributed by atoms with Crippen molar-refractivity contribution in [2.24, 2.45) is 17.8 Å². The summed E-state index contributed by atoms with van der Waals surface area (Å²) in [4.78, 5) is 198. The molecule has 3 heterocycles. The largest absolute Gasteiger partial charge is 0.497 e. The summed E-state index contributed by atoms with van der Waals surface area (Å²) in [6.07, 6.45) is 0.492. The number of hydrogen-bond donors (Lipinski definition) is 6. The van der Waals surface area contributed by atoms with Crippen molar-refractivity contribution in [1.29, 1.82) is 0 Å². The third-order valence-corrected chi connectivity index (χ3v) is 25.3. The molecule has 3 aromatic carbocycles. The Morgan fingerprint density at radius 2 is 0.754 bits per heavy atom. The fourth-order valence-corrected chi connectivity index (χ4v) is 18.2. The van der Waals surface area contributed by atoms with Crippen LogP contribution in [0.5, 0.6) is 11.5 Å². The maximum atomic E-state index is 16.0. The Morgan fingerprint density at radius 1 is 0.408 bits per heavy atom. The Hall–Kier alpha value is -10.1. The van der Waals surface area contributed by atoms with Crippen molar-refractivity contribution in [2.75, 3.05) is 99.7 Å². The summed E-state index contributed by atoms with van der Waals surface area (Å²) in [6, 6.07) is 21.6. The van der Waals surface area contributed by atoms with Gasteiger partial charge in [0.1, 0.15) is 73.5 Å². The van der Waals surface area contributed by atoms with Crippen LogP contribution in [0.3, 0.4) is 0 Å². The lowest BCUT2D eigenvalue weighted by Gasteiger charge is -2.44. The molecule has 6 rings (SSSR count). The summed E-state index contributed by atoms with van der Waals surface area (Å²) >= 11 is 5.16. The SMILES string of the molecule is COc1ccc(C(OCC(OC(=O)CCC(=O)N[S-](=P)=S)C(=O)N(CCCNC(=O)CCCCCCCO[C@@H]2OC(COC(C)=O)[C@H](OC(C)=O)[C@H](C)C2NC(C)=O)CCCN(CCCNC(=O)CCCCCCCO[C@@H]2OC(COC(C)=O)[C@H](OC(C)=O)[C@H](C)C2NC(C)=O)C(=O)CCCCCCCO[C@@H]2OC(COC(C)=O)[C@H](OC(C)=O)[C@H](C)C2NC(C)=O)(c2ccccc2)c2ccc(OC)cc2)cc1. The third-order valence-electron chi connectivity index (χ3n) is 24.3. The predicted molar refractivity (Wildman–Crippen MR) is 525 cm³/mol. The second kappa shape index (κ2) is 65.3. The molecule has 0 spiro atoms. The number of esters is 7. The van der Waals surface area contributed by atoms with Gasteiger partial charge in [-0.25, -0.2) is 11.2 Å². The van der Waals surface area contributed by atoms with Crippen molar-refractivity contribution in [3.63, 3.8) is 0 Å². The Balaban J connectivity index is 1.20. The van der Waals surface area contributed by atoms with Gasteiger partial charge in [0.25, 0.3) is 5.91 Å². The number of ether oxygens (including phenoxy) is 16. The summed E-state index contributed by atoms with van der Waals surface area (Å²) in [5.74, 6) is -7.60. The first-order chi connectivity index (χ1) is 67.8. The Labute approximate surface area is 842 Å². The highest BCUT2D eigenvalue weighted by Gasteiger charge is 2.51. The fraction of sp³-hybridized carbons (Fsp3) is 0.670. The first-order valence-corrected chi connectivity index (χ1v) is 52.5. The van der Waals surface area contributed by atoms with Crippen LogP contribution < -0.4 is 40.8 Å². The van der Waals surface area contributed by atoms with E-state index in [9.17, 15) is 67.1 Å². The molecule has 39 nitrogen and oxygen atoms in total. The summed E-state index contributed by atoms with van der Waals surface area (Å²) in [7, 11) is 5.18. The van der Waals surface area contributed by atoms with Gasteiger partial charge in [0.2, 0.25) is 47.5 Å². The van der Waals surface area contributed by atoms with Gasteiger partial charge >= 0.3 is 41.8 Å². The average molecular weight is 2060 g/mol. The van der Waals surface area contributed by atoms with Gasteiger partial charge in [-0.05, 0) is 98.7 Å². The van der Waals surface area contributed by atoms with Crippen LogP contribution in [0.2, 0.25) is 0 Å². The van der Waals surface area contributed by atoms with Crippen LogP contribution in [0.25, 0.3) is 0 Å². The van der Waals surface area contributed by atoms with Crippen LogP contribution in [0.4, 0.5) is 0 Å². The maximum Gasteiger partial charge on any atom is 0.307 e. The molecule has 0 aliphatic carbocycles. The summed E-state index contributed by atoms with van der Waals surface area (Å²) in [5, 5.41) is 14.6. The molecule has 0 radical (unpaired) electrons. The van der Waals surface area contributed by atoms with Crippen LogP contribution >= 0.6 is 8.02 Å². The number of carbonyl (C=O) groups is 15. The van der Waals surface area contributed by atoms with Gasteiger partial charge in [0.15, 0.2) is 18.9 Å². The Morgan fingerprint density at radius 3 is 1.11 bits per heavy atom. The van der Waals surface area contributed by atoms with E-state index in [4.69, 9.17) is 87.0 Å². The minimum atomic E-state index is -1.69. The van der Waals surface area contributed by atoms with Crippen molar-refractivity contribution in [2.45, 2.75) is 316 Å². The number of nitrogens with one attached hydrogen (secondary N) is 6. The first-order valence-electron chi connectivity index (χ1n) is 49.1. The first kappa shape index (κ1) is 121. The van der Waals surface area contributed by atoms with E-state index in [-0.39, 0.29) is 153 Å². The van der Waals surface area contributed by atoms with Crippen molar-refractivity contribution >= 4 is 117 Å². The van der Waals surface area contributed by atoms with Crippen molar-refractivity contribution in [1.82, 2.24) is 41.1 Å². The van der Waals surface area contributed by atoms with Gasteiger partial charge in [-0.15, -0.1) is 0 Å². The Kier molecular flexibility index (Phi) is 55.5. The van der Waals surface area contributed by atoms with Crippen LogP contribution in [-0.4, -0.2) is 278 Å². The van der Waals surface area contributed by atoms with Crippen LogP contribution in [0.1, 0.15) is 247 Å². The molecule has 16 atom stereocenters. The molecule has 3 aromatic rings. The zero-order valence-electron chi connectivity index (χ0n) is 84.6. The second-order valence-corrected chi connectivity index (χ2v) is 39.6. The van der Waals surface area contributed by atoms with Gasteiger partial charge in [-0.1, -0.05) is 133 Å². The molecule has 3 fully saturated rings. The summed E-state index contributed by atoms with van der Waals surface area (Å²) in [6.45, 7) is 17.0. The molecule has 7 unspecified atom stereocenters. The quantitative estimate of drug-likeness (QED) is 0.00765. The standard InChI is InChI=1S/C100H150N8O31PS2/c1-64-90(103-67(4)109)97(137-81(60-129-70(7)112)93(64)133-73(10)115)126-57-30-21-15-18-27-38-85(118)101-51-33-53-107(88(121)40-29-20-17-23-32-59-128-99-92(105-69(6)111)66(3)95(135-75(12)117)83(139-99)62-131-72(9)114)55-35-56-108(54-34-52-102-86(119)39-28-19-16-22-31-58-127-98-91(104-68(5)110)65(2)94(134-74(11)116)82(138-98)61-130-71(8)113)96(123)84(136-89(122)50-49-87(120)106-142(140)141)63-132-100(76-36-25-24-26-37-76,77-41-45-79(124-13)46-42-77)78-43-47-80(125-14)48-44-78/h24-26,36-37,41-48,64-66,81-84,90-95,97-99,140H,15-23,27-35,38-40,49-63H2,1-14H3,(H,101,118)(H,102,119)(H,103,109)(H,104,110)(H,105,111)(H,106,120,141)/q-1/t64-,65-,66-,81?,82?,83?,84?,90?,91?,92?,93-,94-,95-,97-,98-,99-/m1/s1. The van der Waals surface area contributed by atoms with E-state index in [1.807, 2.05) is 54.6 Å². The van der Waals surface area contributed by atoms with Crippen LogP contribution in [0.15, 0.2) is 78.9 Å². The molecule has 794 valence electrons. The van der Waals surface area contributed by atoms with Gasteiger partial charge < -0.3 is 117 Å². The molecule has 0 aromatic heterocycles. The molecule has 3 saturated heterocycles. The number of unbranched alkanes of at least 4 members (excludes halogenated alkanes) is 12. The summed E-state index contributed by atoms with van der Waals surface area (Å²) in [5.41, 5.74) is 0.293. The van der Waals surface area contributed by atoms with Crippen molar-refractivity contribution in [3.8, 4) is 11.5 Å². The number of hydrogen-bond acceptors (Lipinski definition) is 33. The highest BCUT2D eigenvalue weighted by Crippen LogP contribution is 2.43. The molecule has 3 aliphatic heterocycles. The molecule has 3 aliphatic rings. The van der Waals surface area contributed by atoms with E-state index in [0.717, 1.165) is 25.7 Å². The zero-order valence-corrected chi connectivity index (χ0v) is 87.2. The minimum Gasteiger partial charge on any atom is -0.497 e. The molecular formula is C100H150N8O31PS2-. The lowest BCUT2D eigenvalue weighted by atomic mass is 9.80. The normalized spacial score (nSPS) is 21.1. The third kappa shape index (κ3) is 43.4. The molecule has 0 saturated carbocycles. The lowest BCUT2D eigenvalue weighted by Crippen LogP contribution is -2.62. The smallest absolute Gasteiger partial charge is 0.307 e. The highest BCUT2D eigenvalue weighted by atomic mass is 32.9. The number of amides is 8. The number of benzene rings is 3. The minimum absolute atomic E-state index is 0.00411. The fourth-order valence-electron chi connectivity index (χ4n) is 17.3. The molecule has 0 bridgehead atoms. The van der Waals surface area contributed by atoms with Crippen LogP contribution in [-0.2, 0) is 164 Å². The van der Waals surface area contributed by atoms with E-state index in [0.29, 0.717) is 105 Å². The second-order valence-electron chi connectivity index (χ2n) is 35.7. The van der Waals surface area contributed by atoms with Gasteiger partial charge in [-0.2, -0.15) is 0 Å². The maximum absolute atomic E-state index is 16.0. The lowest BCUT2D eigenvalue weighted by molar-refractivity contribution is -0.262. The van der Waals surface area contributed by atoms with E-state index in [1.165, 1.54) is 81.4 Å². The monoisotopic (exact) mass is 2050 g/mol. The van der Waals surface area contributed by atoms with Gasteiger partial charge in [-0.3, -0.25) is 88.8 Å².